The molecule has 0 unspecified atom stereocenters. The first kappa shape index (κ1) is 18.6. The van der Waals surface area contributed by atoms with Crippen LogP contribution in [0.3, 0.4) is 0 Å². The van der Waals surface area contributed by atoms with E-state index in [9.17, 15) is 9.59 Å². The molecule has 0 saturated carbocycles. The zero-order valence-electron chi connectivity index (χ0n) is 14.8. The van der Waals surface area contributed by atoms with Gasteiger partial charge in [0.15, 0.2) is 0 Å². The van der Waals surface area contributed by atoms with Gasteiger partial charge in [-0.2, -0.15) is 0 Å². The van der Waals surface area contributed by atoms with E-state index in [4.69, 9.17) is 4.74 Å². The van der Waals surface area contributed by atoms with Crippen LogP contribution in [0.2, 0.25) is 0 Å². The highest BCUT2D eigenvalue weighted by Crippen LogP contribution is 2.17. The largest absolute Gasteiger partial charge is 0.458 e. The van der Waals surface area contributed by atoms with Crippen molar-refractivity contribution in [3.05, 3.63) is 93.7 Å². The molecule has 1 aromatic heterocycles. The molecule has 5 heteroatoms. The standard InChI is InChI=1S/C22H19NO3S/c1-16-13-14-27-20(16)11-12-21(24)26-15-17-7-9-18(10-8-17)22(25)23-19-5-3-2-4-6-19/h2-14H,15H2,1H3,(H,23,25)/b12-11+. The Labute approximate surface area is 162 Å². The Hall–Kier alpha value is -3.18. The molecule has 0 aliphatic heterocycles. The number of aryl methyl sites for hydroxylation is 1. The van der Waals surface area contributed by atoms with Crippen molar-refractivity contribution in [2.24, 2.45) is 0 Å². The highest BCUT2D eigenvalue weighted by Gasteiger charge is 2.06. The lowest BCUT2D eigenvalue weighted by Gasteiger charge is -2.06. The van der Waals surface area contributed by atoms with Gasteiger partial charge >= 0.3 is 5.97 Å². The molecule has 0 saturated heterocycles. The number of thiophene rings is 1. The smallest absolute Gasteiger partial charge is 0.331 e. The lowest BCUT2D eigenvalue weighted by molar-refractivity contribution is -0.138. The number of hydrogen-bond acceptors (Lipinski definition) is 4. The SMILES string of the molecule is Cc1ccsc1/C=C/C(=O)OCc1ccc(C(=O)Nc2ccccc2)cc1. The van der Waals surface area contributed by atoms with Crippen molar-refractivity contribution in [1.29, 1.82) is 0 Å². The fourth-order valence-electron chi connectivity index (χ4n) is 2.38. The first-order valence-electron chi connectivity index (χ1n) is 8.46. The normalized spacial score (nSPS) is 10.7. The summed E-state index contributed by atoms with van der Waals surface area (Å²) in [6, 6.07) is 18.3. The molecule has 0 aliphatic rings. The number of ether oxygens (including phenoxy) is 1. The van der Waals surface area contributed by atoms with Crippen LogP contribution in [0, 0.1) is 6.92 Å². The second-order valence-electron chi connectivity index (χ2n) is 5.93. The molecule has 3 aromatic rings. The highest BCUT2D eigenvalue weighted by molar-refractivity contribution is 7.11. The molecule has 0 atom stereocenters. The molecule has 1 N–H and O–H groups in total. The van der Waals surface area contributed by atoms with Crippen LogP contribution in [-0.2, 0) is 16.1 Å². The molecular formula is C22H19NO3S. The van der Waals surface area contributed by atoms with Gasteiger partial charge < -0.3 is 10.1 Å². The second kappa shape index (κ2) is 8.96. The van der Waals surface area contributed by atoms with Crippen molar-refractivity contribution in [2.75, 3.05) is 5.32 Å². The van der Waals surface area contributed by atoms with Gasteiger partial charge in [0.05, 0.1) is 0 Å². The van der Waals surface area contributed by atoms with Gasteiger partial charge in [-0.05, 0) is 59.8 Å². The van der Waals surface area contributed by atoms with Crippen LogP contribution in [0.1, 0.15) is 26.4 Å². The lowest BCUT2D eigenvalue weighted by atomic mass is 10.1. The number of benzene rings is 2. The Morgan fingerprint density at radius 3 is 2.44 bits per heavy atom. The molecule has 0 spiro atoms. The van der Waals surface area contributed by atoms with Crippen molar-refractivity contribution in [2.45, 2.75) is 13.5 Å². The highest BCUT2D eigenvalue weighted by atomic mass is 32.1. The fourth-order valence-corrected chi connectivity index (χ4v) is 3.20. The van der Waals surface area contributed by atoms with Crippen LogP contribution in [-0.4, -0.2) is 11.9 Å². The number of carbonyl (C=O) groups excluding carboxylic acids is 2. The molecule has 136 valence electrons. The van der Waals surface area contributed by atoms with E-state index in [2.05, 4.69) is 5.32 Å². The first-order chi connectivity index (χ1) is 13.1. The average Bonchev–Trinajstić information content (AvgIpc) is 3.10. The van der Waals surface area contributed by atoms with Crippen LogP contribution in [0.4, 0.5) is 5.69 Å². The van der Waals surface area contributed by atoms with Gasteiger partial charge in [-0.1, -0.05) is 30.3 Å². The van der Waals surface area contributed by atoms with Gasteiger partial charge in [0.1, 0.15) is 6.61 Å². The summed E-state index contributed by atoms with van der Waals surface area (Å²) in [5.74, 6) is -0.576. The van der Waals surface area contributed by atoms with E-state index in [-0.39, 0.29) is 12.5 Å². The molecule has 27 heavy (non-hydrogen) atoms. The second-order valence-corrected chi connectivity index (χ2v) is 6.87. The van der Waals surface area contributed by atoms with Gasteiger partial charge in [0, 0.05) is 22.2 Å². The predicted octanol–water partition coefficient (Wildman–Crippen LogP) is 5.07. The molecule has 0 bridgehead atoms. The molecule has 0 fully saturated rings. The van der Waals surface area contributed by atoms with Gasteiger partial charge in [-0.15, -0.1) is 11.3 Å². The Morgan fingerprint density at radius 1 is 1.04 bits per heavy atom. The van der Waals surface area contributed by atoms with E-state index >= 15 is 0 Å². The number of carbonyl (C=O) groups is 2. The van der Waals surface area contributed by atoms with Crippen molar-refractivity contribution in [3.8, 4) is 0 Å². The van der Waals surface area contributed by atoms with Gasteiger partial charge in [0.25, 0.3) is 5.91 Å². The minimum Gasteiger partial charge on any atom is -0.458 e. The monoisotopic (exact) mass is 377 g/mol. The molecule has 0 aliphatic carbocycles. The van der Waals surface area contributed by atoms with Crippen molar-refractivity contribution in [3.63, 3.8) is 0 Å². The van der Waals surface area contributed by atoms with Gasteiger partial charge in [0.2, 0.25) is 0 Å². The topological polar surface area (TPSA) is 55.4 Å². The summed E-state index contributed by atoms with van der Waals surface area (Å²) < 4.78 is 5.24. The van der Waals surface area contributed by atoms with Gasteiger partial charge in [-0.3, -0.25) is 4.79 Å². The van der Waals surface area contributed by atoms with Gasteiger partial charge in [-0.25, -0.2) is 4.79 Å². The minimum atomic E-state index is -0.395. The number of esters is 1. The number of amides is 1. The number of rotatable bonds is 6. The fraction of sp³-hybridized carbons (Fsp3) is 0.0909. The third-order valence-electron chi connectivity index (χ3n) is 3.90. The first-order valence-corrected chi connectivity index (χ1v) is 9.34. The summed E-state index contributed by atoms with van der Waals surface area (Å²) in [5.41, 5.74) is 3.24. The molecule has 1 heterocycles. The Bertz CT molecular complexity index is 943. The van der Waals surface area contributed by atoms with Crippen molar-refractivity contribution < 1.29 is 14.3 Å². The predicted molar refractivity (Wildman–Crippen MR) is 109 cm³/mol. The molecule has 0 radical (unpaired) electrons. The van der Waals surface area contributed by atoms with E-state index < -0.39 is 5.97 Å². The quantitative estimate of drug-likeness (QED) is 0.482. The third kappa shape index (κ3) is 5.39. The van der Waals surface area contributed by atoms with E-state index in [1.54, 1.807) is 41.7 Å². The summed E-state index contributed by atoms with van der Waals surface area (Å²) in [5, 5.41) is 4.81. The maximum absolute atomic E-state index is 12.2. The van der Waals surface area contributed by atoms with Crippen LogP contribution in [0.15, 0.2) is 72.1 Å². The number of nitrogens with one attached hydrogen (secondary N) is 1. The zero-order valence-corrected chi connectivity index (χ0v) is 15.7. The number of para-hydroxylation sites is 1. The van der Waals surface area contributed by atoms with E-state index in [1.807, 2.05) is 48.7 Å². The summed E-state index contributed by atoms with van der Waals surface area (Å²) in [4.78, 5) is 25.1. The van der Waals surface area contributed by atoms with E-state index in [0.29, 0.717) is 5.56 Å². The van der Waals surface area contributed by atoms with Crippen LogP contribution in [0.5, 0.6) is 0 Å². The van der Waals surface area contributed by atoms with Crippen molar-refractivity contribution >= 4 is 35.0 Å². The third-order valence-corrected chi connectivity index (χ3v) is 4.89. The summed E-state index contributed by atoms with van der Waals surface area (Å²) >= 11 is 1.58. The molecule has 1 amide bonds. The summed E-state index contributed by atoms with van der Waals surface area (Å²) in [6.45, 7) is 2.16. The summed E-state index contributed by atoms with van der Waals surface area (Å²) in [7, 11) is 0. The van der Waals surface area contributed by atoms with E-state index in [1.165, 1.54) is 6.08 Å². The minimum absolute atomic E-state index is 0.160. The van der Waals surface area contributed by atoms with Crippen molar-refractivity contribution in [1.82, 2.24) is 0 Å². The number of anilines is 1. The van der Waals surface area contributed by atoms with Crippen LogP contribution >= 0.6 is 11.3 Å². The number of hydrogen-bond donors (Lipinski definition) is 1. The molecular weight excluding hydrogens is 358 g/mol. The zero-order chi connectivity index (χ0) is 19.1. The molecule has 4 nitrogen and oxygen atoms in total. The lowest BCUT2D eigenvalue weighted by Crippen LogP contribution is -2.11. The Kier molecular flexibility index (Phi) is 6.18. The van der Waals surface area contributed by atoms with E-state index in [0.717, 1.165) is 21.7 Å². The molecule has 2 aromatic carbocycles. The van der Waals surface area contributed by atoms with Crippen LogP contribution in [0.25, 0.3) is 6.08 Å². The maximum atomic E-state index is 12.2. The Balaban J connectivity index is 1.51. The Morgan fingerprint density at radius 2 is 1.78 bits per heavy atom. The molecule has 3 rings (SSSR count). The maximum Gasteiger partial charge on any atom is 0.331 e. The van der Waals surface area contributed by atoms with Crippen LogP contribution < -0.4 is 5.32 Å². The average molecular weight is 377 g/mol. The summed E-state index contributed by atoms with van der Waals surface area (Å²) in [6.07, 6.45) is 3.19.